The van der Waals surface area contributed by atoms with Crippen LogP contribution in [0.1, 0.15) is 18.1 Å². The monoisotopic (exact) mass is 241 g/mol. The fourth-order valence-electron chi connectivity index (χ4n) is 1.73. The maximum atomic E-state index is 5.59. The Morgan fingerprint density at radius 2 is 1.56 bits per heavy atom. The molecule has 0 saturated carbocycles. The lowest BCUT2D eigenvalue weighted by atomic mass is 10.1. The maximum Gasteiger partial charge on any atom is 0.116 e. The minimum atomic E-state index is 0.527. The molecule has 0 heterocycles. The van der Waals surface area contributed by atoms with E-state index in [9.17, 15) is 0 Å². The lowest BCUT2D eigenvalue weighted by Crippen LogP contribution is -2.05. The van der Waals surface area contributed by atoms with Gasteiger partial charge in [-0.25, -0.2) is 0 Å². The third kappa shape index (κ3) is 3.90. The van der Waals surface area contributed by atoms with Crippen molar-refractivity contribution in [1.82, 2.24) is 0 Å². The number of para-hydroxylation sites is 1. The molecule has 0 aliphatic rings. The standard InChI is InChI=1S/C16H19NO/c1-2-14-8-10-15(11-9-14)12-18-13-17-16-6-4-3-5-7-16/h3-11,17H,2,12-13H2,1H3. The minimum Gasteiger partial charge on any atom is -0.363 e. The third-order valence-electron chi connectivity index (χ3n) is 2.85. The fourth-order valence-corrected chi connectivity index (χ4v) is 1.73. The minimum absolute atomic E-state index is 0.527. The molecule has 2 aromatic rings. The second-order valence-electron chi connectivity index (χ2n) is 4.21. The van der Waals surface area contributed by atoms with Crippen LogP contribution >= 0.6 is 0 Å². The molecule has 0 atom stereocenters. The van der Waals surface area contributed by atoms with Gasteiger partial charge >= 0.3 is 0 Å². The van der Waals surface area contributed by atoms with Gasteiger partial charge < -0.3 is 10.1 Å². The van der Waals surface area contributed by atoms with Crippen LogP contribution in [0.3, 0.4) is 0 Å². The lowest BCUT2D eigenvalue weighted by Gasteiger charge is -2.08. The van der Waals surface area contributed by atoms with Crippen LogP contribution in [0.2, 0.25) is 0 Å². The average molecular weight is 241 g/mol. The molecule has 0 aliphatic carbocycles. The molecular weight excluding hydrogens is 222 g/mol. The molecule has 94 valence electrons. The molecule has 2 nitrogen and oxygen atoms in total. The van der Waals surface area contributed by atoms with Gasteiger partial charge in [-0.15, -0.1) is 0 Å². The summed E-state index contributed by atoms with van der Waals surface area (Å²) >= 11 is 0. The Bertz CT molecular complexity index is 450. The maximum absolute atomic E-state index is 5.59. The summed E-state index contributed by atoms with van der Waals surface area (Å²) in [6.45, 7) is 3.33. The number of ether oxygens (including phenoxy) is 1. The average Bonchev–Trinajstić information content (AvgIpc) is 2.45. The zero-order chi connectivity index (χ0) is 12.6. The smallest absolute Gasteiger partial charge is 0.116 e. The largest absolute Gasteiger partial charge is 0.363 e. The van der Waals surface area contributed by atoms with Crippen LogP contribution in [0.15, 0.2) is 54.6 Å². The molecule has 0 aromatic heterocycles. The SMILES string of the molecule is CCc1ccc(COCNc2ccccc2)cc1. The highest BCUT2D eigenvalue weighted by atomic mass is 16.5. The molecule has 0 radical (unpaired) electrons. The van der Waals surface area contributed by atoms with E-state index in [1.807, 2.05) is 30.3 Å². The Labute approximate surface area is 109 Å². The van der Waals surface area contributed by atoms with Crippen LogP contribution < -0.4 is 5.32 Å². The van der Waals surface area contributed by atoms with Gasteiger partial charge in [-0.05, 0) is 29.7 Å². The fraction of sp³-hybridized carbons (Fsp3) is 0.250. The normalized spacial score (nSPS) is 10.3. The Hall–Kier alpha value is -1.80. The zero-order valence-electron chi connectivity index (χ0n) is 10.7. The number of aryl methyl sites for hydroxylation is 1. The summed E-state index contributed by atoms with van der Waals surface area (Å²) in [5.41, 5.74) is 3.65. The van der Waals surface area contributed by atoms with Crippen molar-refractivity contribution in [2.45, 2.75) is 20.0 Å². The quantitative estimate of drug-likeness (QED) is 0.613. The second-order valence-corrected chi connectivity index (χ2v) is 4.21. The topological polar surface area (TPSA) is 21.3 Å². The van der Waals surface area contributed by atoms with Crippen molar-refractivity contribution in [2.75, 3.05) is 12.0 Å². The highest BCUT2D eigenvalue weighted by molar-refractivity contribution is 5.41. The van der Waals surface area contributed by atoms with Gasteiger partial charge in [-0.3, -0.25) is 0 Å². The first-order valence-corrected chi connectivity index (χ1v) is 6.33. The van der Waals surface area contributed by atoms with Gasteiger partial charge in [0.25, 0.3) is 0 Å². The van der Waals surface area contributed by atoms with E-state index in [4.69, 9.17) is 4.74 Å². The number of anilines is 1. The lowest BCUT2D eigenvalue weighted by molar-refractivity contribution is 0.138. The van der Waals surface area contributed by atoms with Crippen LogP contribution in [0.4, 0.5) is 5.69 Å². The first-order chi connectivity index (χ1) is 8.88. The summed E-state index contributed by atoms with van der Waals surface area (Å²) in [6.07, 6.45) is 1.08. The molecule has 0 saturated heterocycles. The van der Waals surface area contributed by atoms with E-state index in [2.05, 4.69) is 36.5 Å². The molecule has 0 unspecified atom stereocenters. The van der Waals surface area contributed by atoms with E-state index in [-0.39, 0.29) is 0 Å². The van der Waals surface area contributed by atoms with Crippen molar-refractivity contribution >= 4 is 5.69 Å². The highest BCUT2D eigenvalue weighted by Crippen LogP contribution is 2.07. The Morgan fingerprint density at radius 3 is 2.22 bits per heavy atom. The van der Waals surface area contributed by atoms with E-state index in [0.717, 1.165) is 12.1 Å². The van der Waals surface area contributed by atoms with E-state index in [1.54, 1.807) is 0 Å². The summed E-state index contributed by atoms with van der Waals surface area (Å²) in [5.74, 6) is 0. The van der Waals surface area contributed by atoms with Crippen molar-refractivity contribution in [3.05, 3.63) is 65.7 Å². The molecule has 18 heavy (non-hydrogen) atoms. The predicted octanol–water partition coefficient (Wildman–Crippen LogP) is 3.84. The van der Waals surface area contributed by atoms with Crippen LogP contribution in [0, 0.1) is 0 Å². The molecule has 2 rings (SSSR count). The van der Waals surface area contributed by atoms with Gasteiger partial charge in [0.05, 0.1) is 6.61 Å². The number of hydrogen-bond donors (Lipinski definition) is 1. The summed E-state index contributed by atoms with van der Waals surface area (Å²) < 4.78 is 5.59. The molecule has 0 fully saturated rings. The van der Waals surface area contributed by atoms with Crippen molar-refractivity contribution in [3.8, 4) is 0 Å². The van der Waals surface area contributed by atoms with Crippen LogP contribution in [-0.4, -0.2) is 6.73 Å². The zero-order valence-corrected chi connectivity index (χ0v) is 10.7. The van der Waals surface area contributed by atoms with Crippen molar-refractivity contribution in [1.29, 1.82) is 0 Å². The number of rotatable bonds is 6. The molecule has 0 amide bonds. The van der Waals surface area contributed by atoms with E-state index >= 15 is 0 Å². The third-order valence-corrected chi connectivity index (χ3v) is 2.85. The Morgan fingerprint density at radius 1 is 0.889 bits per heavy atom. The van der Waals surface area contributed by atoms with Gasteiger partial charge in [-0.1, -0.05) is 49.4 Å². The molecule has 0 spiro atoms. The molecule has 0 bridgehead atoms. The van der Waals surface area contributed by atoms with Crippen LogP contribution in [0.25, 0.3) is 0 Å². The molecule has 0 aliphatic heterocycles. The summed E-state index contributed by atoms with van der Waals surface area (Å²) in [4.78, 5) is 0. The number of benzene rings is 2. The van der Waals surface area contributed by atoms with Crippen LogP contribution in [-0.2, 0) is 17.8 Å². The summed E-state index contributed by atoms with van der Waals surface area (Å²) in [7, 11) is 0. The van der Waals surface area contributed by atoms with Crippen LogP contribution in [0.5, 0.6) is 0 Å². The molecule has 1 N–H and O–H groups in total. The van der Waals surface area contributed by atoms with Crippen molar-refractivity contribution in [3.63, 3.8) is 0 Å². The molecule has 2 heteroatoms. The van der Waals surface area contributed by atoms with E-state index in [0.29, 0.717) is 13.3 Å². The van der Waals surface area contributed by atoms with Gasteiger partial charge in [0, 0.05) is 5.69 Å². The van der Waals surface area contributed by atoms with Crippen molar-refractivity contribution in [2.24, 2.45) is 0 Å². The van der Waals surface area contributed by atoms with Crippen molar-refractivity contribution < 1.29 is 4.74 Å². The number of hydrogen-bond acceptors (Lipinski definition) is 2. The van der Waals surface area contributed by atoms with Gasteiger partial charge in [0.1, 0.15) is 6.73 Å². The first kappa shape index (κ1) is 12.7. The van der Waals surface area contributed by atoms with E-state index < -0.39 is 0 Å². The van der Waals surface area contributed by atoms with E-state index in [1.165, 1.54) is 11.1 Å². The van der Waals surface area contributed by atoms with Gasteiger partial charge in [0.2, 0.25) is 0 Å². The van der Waals surface area contributed by atoms with Gasteiger partial charge in [0.15, 0.2) is 0 Å². The summed E-state index contributed by atoms with van der Waals surface area (Å²) in [6, 6.07) is 18.6. The highest BCUT2D eigenvalue weighted by Gasteiger charge is 1.94. The molecular formula is C16H19NO. The Balaban J connectivity index is 1.72. The molecule has 2 aromatic carbocycles. The Kier molecular flexibility index (Phi) is 4.79. The predicted molar refractivity (Wildman–Crippen MR) is 75.5 cm³/mol. The summed E-state index contributed by atoms with van der Waals surface area (Å²) in [5, 5.41) is 3.22. The first-order valence-electron chi connectivity index (χ1n) is 6.33. The second kappa shape index (κ2) is 6.82. The number of nitrogens with one attached hydrogen (secondary N) is 1. The van der Waals surface area contributed by atoms with Gasteiger partial charge in [-0.2, -0.15) is 0 Å².